The minimum absolute atomic E-state index is 0.105. The van der Waals surface area contributed by atoms with Crippen LogP contribution in [0.3, 0.4) is 0 Å². The van der Waals surface area contributed by atoms with E-state index in [0.29, 0.717) is 17.8 Å². The van der Waals surface area contributed by atoms with Crippen LogP contribution in [0.15, 0.2) is 36.4 Å². The van der Waals surface area contributed by atoms with Crippen LogP contribution in [0.5, 0.6) is 0 Å². The average Bonchev–Trinajstić information content (AvgIpc) is 2.78. The van der Waals surface area contributed by atoms with Crippen molar-refractivity contribution in [2.45, 2.75) is 19.8 Å². The summed E-state index contributed by atoms with van der Waals surface area (Å²) in [6.45, 7) is 1.94. The molecule has 1 heterocycles. The molecule has 0 spiro atoms. The van der Waals surface area contributed by atoms with Crippen molar-refractivity contribution in [2.24, 2.45) is 7.05 Å². The maximum atomic E-state index is 12.1. The van der Waals surface area contributed by atoms with Gasteiger partial charge in [-0.2, -0.15) is 0 Å². The molecule has 0 aliphatic heterocycles. The second kappa shape index (κ2) is 6.26. The van der Waals surface area contributed by atoms with Gasteiger partial charge in [0.2, 0.25) is 0 Å². The lowest BCUT2D eigenvalue weighted by Crippen LogP contribution is -2.16. The Morgan fingerprint density at radius 3 is 2.33 bits per heavy atom. The first-order valence-electron chi connectivity index (χ1n) is 6.72. The van der Waals surface area contributed by atoms with Crippen LogP contribution in [0, 0.1) is 6.92 Å². The summed E-state index contributed by atoms with van der Waals surface area (Å²) in [5.41, 5.74) is 3.25. The van der Waals surface area contributed by atoms with Crippen molar-refractivity contribution in [1.82, 2.24) is 4.57 Å². The highest BCUT2D eigenvalue weighted by atomic mass is 16.4. The van der Waals surface area contributed by atoms with E-state index in [9.17, 15) is 9.59 Å². The lowest BCUT2D eigenvalue weighted by Gasteiger charge is -2.08. The fraction of sp³-hybridized carbons (Fsp3) is 0.250. The summed E-state index contributed by atoms with van der Waals surface area (Å²) >= 11 is 0. The highest BCUT2D eigenvalue weighted by molar-refractivity contribution is 6.03. The van der Waals surface area contributed by atoms with Crippen LogP contribution in [0.25, 0.3) is 0 Å². The van der Waals surface area contributed by atoms with Gasteiger partial charge >= 0.3 is 5.97 Å². The summed E-state index contributed by atoms with van der Waals surface area (Å²) in [5, 5.41) is 11.5. The predicted molar refractivity (Wildman–Crippen MR) is 80.5 cm³/mol. The molecular weight excluding hydrogens is 268 g/mol. The van der Waals surface area contributed by atoms with Gasteiger partial charge in [0.25, 0.3) is 5.91 Å². The third-order valence-electron chi connectivity index (χ3n) is 3.44. The van der Waals surface area contributed by atoms with Crippen LogP contribution >= 0.6 is 0 Å². The highest BCUT2D eigenvalue weighted by Crippen LogP contribution is 2.13. The Balaban J connectivity index is 2.01. The van der Waals surface area contributed by atoms with E-state index in [1.165, 1.54) is 0 Å². The van der Waals surface area contributed by atoms with Gasteiger partial charge in [-0.1, -0.05) is 12.1 Å². The Hall–Kier alpha value is -2.56. The van der Waals surface area contributed by atoms with Crippen LogP contribution in [0.1, 0.15) is 28.2 Å². The summed E-state index contributed by atoms with van der Waals surface area (Å²) < 4.78 is 1.83. The molecule has 0 fully saturated rings. The maximum absolute atomic E-state index is 12.1. The molecule has 110 valence electrons. The monoisotopic (exact) mass is 286 g/mol. The van der Waals surface area contributed by atoms with Crippen molar-refractivity contribution >= 4 is 17.6 Å². The fourth-order valence-corrected chi connectivity index (χ4v) is 2.04. The van der Waals surface area contributed by atoms with Crippen molar-refractivity contribution in [3.63, 3.8) is 0 Å². The van der Waals surface area contributed by atoms with Gasteiger partial charge in [0.1, 0.15) is 5.69 Å². The normalized spacial score (nSPS) is 10.4. The first-order chi connectivity index (χ1) is 9.97. The molecule has 5 nitrogen and oxygen atoms in total. The summed E-state index contributed by atoms with van der Waals surface area (Å²) in [6, 6.07) is 10.9. The number of nitrogens with zero attached hydrogens (tertiary/aromatic N) is 1. The smallest absolute Gasteiger partial charge is 0.303 e. The number of carboxylic acid groups (broad SMARTS) is 1. The molecule has 0 unspecified atom stereocenters. The lowest BCUT2D eigenvalue weighted by atomic mass is 10.1. The molecular formula is C16H18N2O3. The van der Waals surface area contributed by atoms with Crippen molar-refractivity contribution in [3.8, 4) is 0 Å². The summed E-state index contributed by atoms with van der Waals surface area (Å²) in [4.78, 5) is 22.7. The van der Waals surface area contributed by atoms with Gasteiger partial charge in [0.15, 0.2) is 0 Å². The van der Waals surface area contributed by atoms with E-state index in [-0.39, 0.29) is 12.3 Å². The standard InChI is InChI=1S/C16H18N2O3/c1-11-3-9-14(18(11)2)16(21)17-13-7-4-12(5-8-13)6-10-15(19)20/h3-5,7-9H,6,10H2,1-2H3,(H,17,21)(H,19,20). The minimum atomic E-state index is -0.813. The van der Waals surface area contributed by atoms with Crippen molar-refractivity contribution in [3.05, 3.63) is 53.3 Å². The number of benzene rings is 1. The molecule has 0 atom stereocenters. The molecule has 1 aromatic heterocycles. The molecule has 0 aliphatic carbocycles. The Kier molecular flexibility index (Phi) is 4.42. The third kappa shape index (κ3) is 3.72. The second-order valence-corrected chi connectivity index (χ2v) is 4.96. The summed E-state index contributed by atoms with van der Waals surface area (Å²) in [5.74, 6) is -0.977. The number of aryl methyl sites for hydroxylation is 2. The molecule has 2 aromatic rings. The third-order valence-corrected chi connectivity index (χ3v) is 3.44. The molecule has 0 bridgehead atoms. The van der Waals surface area contributed by atoms with Crippen LogP contribution < -0.4 is 5.32 Å². The zero-order valence-corrected chi connectivity index (χ0v) is 12.1. The topological polar surface area (TPSA) is 71.3 Å². The lowest BCUT2D eigenvalue weighted by molar-refractivity contribution is -0.136. The number of carboxylic acids is 1. The Labute approximate surface area is 123 Å². The number of hydrogen-bond acceptors (Lipinski definition) is 2. The summed E-state index contributed by atoms with van der Waals surface area (Å²) in [6.07, 6.45) is 0.592. The number of carbonyl (C=O) groups is 2. The Bertz CT molecular complexity index is 657. The van der Waals surface area contributed by atoms with Gasteiger partial charge in [0, 0.05) is 24.8 Å². The van der Waals surface area contributed by atoms with Crippen molar-refractivity contribution in [1.29, 1.82) is 0 Å². The Morgan fingerprint density at radius 1 is 1.14 bits per heavy atom. The number of amides is 1. The number of nitrogens with one attached hydrogen (secondary N) is 1. The van der Waals surface area contributed by atoms with Crippen LogP contribution in [0.2, 0.25) is 0 Å². The Morgan fingerprint density at radius 2 is 1.81 bits per heavy atom. The molecule has 2 N–H and O–H groups in total. The van der Waals surface area contributed by atoms with Crippen LogP contribution in [0.4, 0.5) is 5.69 Å². The first kappa shape index (κ1) is 14.8. The molecule has 0 saturated carbocycles. The van der Waals surface area contributed by atoms with E-state index in [2.05, 4.69) is 5.32 Å². The second-order valence-electron chi connectivity index (χ2n) is 4.96. The fourth-order valence-electron chi connectivity index (χ4n) is 2.04. The predicted octanol–water partition coefficient (Wildman–Crippen LogP) is 2.60. The van der Waals surface area contributed by atoms with Gasteiger partial charge in [-0.15, -0.1) is 0 Å². The highest BCUT2D eigenvalue weighted by Gasteiger charge is 2.11. The van der Waals surface area contributed by atoms with Gasteiger partial charge < -0.3 is 15.0 Å². The average molecular weight is 286 g/mol. The molecule has 0 radical (unpaired) electrons. The van der Waals surface area contributed by atoms with E-state index in [1.807, 2.05) is 36.7 Å². The number of rotatable bonds is 5. The number of anilines is 1. The van der Waals surface area contributed by atoms with Gasteiger partial charge in [-0.05, 0) is 43.2 Å². The van der Waals surface area contributed by atoms with E-state index in [1.54, 1.807) is 18.2 Å². The maximum Gasteiger partial charge on any atom is 0.303 e. The first-order valence-corrected chi connectivity index (χ1v) is 6.72. The number of aliphatic carboxylic acids is 1. The van der Waals surface area contributed by atoms with Gasteiger partial charge in [-0.3, -0.25) is 9.59 Å². The molecule has 1 amide bonds. The number of hydrogen-bond donors (Lipinski definition) is 2. The molecule has 0 saturated heterocycles. The van der Waals surface area contributed by atoms with Gasteiger partial charge in [-0.25, -0.2) is 0 Å². The zero-order chi connectivity index (χ0) is 15.4. The van der Waals surface area contributed by atoms with Crippen LogP contribution in [-0.4, -0.2) is 21.6 Å². The van der Waals surface area contributed by atoms with E-state index >= 15 is 0 Å². The zero-order valence-electron chi connectivity index (χ0n) is 12.1. The molecule has 1 aromatic carbocycles. The van der Waals surface area contributed by atoms with E-state index in [0.717, 1.165) is 11.3 Å². The van der Waals surface area contributed by atoms with Crippen molar-refractivity contribution < 1.29 is 14.7 Å². The number of aromatic nitrogens is 1. The largest absolute Gasteiger partial charge is 0.481 e. The SMILES string of the molecule is Cc1ccc(C(=O)Nc2ccc(CCC(=O)O)cc2)n1C. The number of carbonyl (C=O) groups excluding carboxylic acids is 1. The van der Waals surface area contributed by atoms with E-state index in [4.69, 9.17) is 5.11 Å². The molecule has 5 heteroatoms. The quantitative estimate of drug-likeness (QED) is 0.887. The molecule has 0 aliphatic rings. The van der Waals surface area contributed by atoms with Crippen molar-refractivity contribution in [2.75, 3.05) is 5.32 Å². The molecule has 21 heavy (non-hydrogen) atoms. The van der Waals surface area contributed by atoms with Crippen LogP contribution in [-0.2, 0) is 18.3 Å². The van der Waals surface area contributed by atoms with Gasteiger partial charge in [0.05, 0.1) is 0 Å². The minimum Gasteiger partial charge on any atom is -0.481 e. The summed E-state index contributed by atoms with van der Waals surface area (Å²) in [7, 11) is 1.85. The molecule has 2 rings (SSSR count). The van der Waals surface area contributed by atoms with E-state index < -0.39 is 5.97 Å².